The van der Waals surface area contributed by atoms with Crippen molar-refractivity contribution in [2.75, 3.05) is 12.4 Å². The number of rotatable bonds is 4. The van der Waals surface area contributed by atoms with Gasteiger partial charge in [-0.1, -0.05) is 0 Å². The molecule has 106 valence electrons. The Morgan fingerprint density at radius 3 is 2.35 bits per heavy atom. The van der Waals surface area contributed by atoms with E-state index in [2.05, 4.69) is 5.32 Å². The smallest absolute Gasteiger partial charge is 0.200 e. The Hall–Kier alpha value is -2.76. The lowest BCUT2D eigenvalue weighted by Crippen LogP contribution is -2.00. The van der Waals surface area contributed by atoms with Crippen molar-refractivity contribution in [3.05, 3.63) is 35.9 Å². The monoisotopic (exact) mass is 277 g/mol. The Morgan fingerprint density at radius 1 is 0.950 bits per heavy atom. The standard InChI is InChI=1S/C14H15NO5/c1-20-12-5-3-9(6-11(12)17)15-7-8-2-4-10(16)14(19)13(8)18/h2-6,15-19H,7H2,1H3. The molecule has 5 N–H and O–H groups in total. The first-order valence-corrected chi connectivity index (χ1v) is 5.86. The highest BCUT2D eigenvalue weighted by molar-refractivity contribution is 5.57. The molecule has 0 fully saturated rings. The number of nitrogens with one attached hydrogen (secondary N) is 1. The van der Waals surface area contributed by atoms with Crippen LogP contribution in [0.3, 0.4) is 0 Å². The number of hydrogen-bond donors (Lipinski definition) is 5. The van der Waals surface area contributed by atoms with Crippen LogP contribution in [-0.2, 0) is 6.54 Å². The molecule has 0 aliphatic heterocycles. The highest BCUT2D eigenvalue weighted by Gasteiger charge is 2.11. The van der Waals surface area contributed by atoms with E-state index in [0.29, 0.717) is 17.0 Å². The highest BCUT2D eigenvalue weighted by atomic mass is 16.5. The van der Waals surface area contributed by atoms with Crippen molar-refractivity contribution < 1.29 is 25.2 Å². The van der Waals surface area contributed by atoms with Crippen LogP contribution >= 0.6 is 0 Å². The lowest BCUT2D eigenvalue weighted by Gasteiger charge is -2.11. The van der Waals surface area contributed by atoms with E-state index in [1.165, 1.54) is 25.3 Å². The molecule has 0 saturated heterocycles. The Labute approximate surface area is 115 Å². The Balaban J connectivity index is 2.13. The minimum Gasteiger partial charge on any atom is -0.504 e. The normalized spacial score (nSPS) is 10.2. The fourth-order valence-corrected chi connectivity index (χ4v) is 1.75. The van der Waals surface area contributed by atoms with E-state index in [0.717, 1.165) is 0 Å². The summed E-state index contributed by atoms with van der Waals surface area (Å²) in [5.41, 5.74) is 1.03. The van der Waals surface area contributed by atoms with E-state index in [1.54, 1.807) is 12.1 Å². The molecule has 0 saturated carbocycles. The van der Waals surface area contributed by atoms with Gasteiger partial charge in [-0.15, -0.1) is 0 Å². The molecule has 0 amide bonds. The van der Waals surface area contributed by atoms with E-state index in [9.17, 15) is 20.4 Å². The molecule has 0 heterocycles. The SMILES string of the molecule is COc1ccc(NCc2ccc(O)c(O)c2O)cc1O. The number of aromatic hydroxyl groups is 4. The van der Waals surface area contributed by atoms with E-state index in [-0.39, 0.29) is 23.8 Å². The summed E-state index contributed by atoms with van der Waals surface area (Å²) in [4.78, 5) is 0. The Kier molecular flexibility index (Phi) is 3.74. The molecule has 0 spiro atoms. The van der Waals surface area contributed by atoms with Gasteiger partial charge in [0.1, 0.15) is 0 Å². The maximum atomic E-state index is 9.67. The van der Waals surface area contributed by atoms with Gasteiger partial charge in [0.2, 0.25) is 5.75 Å². The molecule has 0 radical (unpaired) electrons. The molecule has 0 aromatic heterocycles. The molecule has 0 unspecified atom stereocenters. The zero-order chi connectivity index (χ0) is 14.7. The molecule has 2 rings (SSSR count). The predicted octanol–water partition coefficient (Wildman–Crippen LogP) is 2.13. The first-order valence-electron chi connectivity index (χ1n) is 5.86. The van der Waals surface area contributed by atoms with Crippen LogP contribution < -0.4 is 10.1 Å². The van der Waals surface area contributed by atoms with Crippen molar-refractivity contribution in [3.63, 3.8) is 0 Å². The molecule has 0 atom stereocenters. The molecular weight excluding hydrogens is 262 g/mol. The number of ether oxygens (including phenoxy) is 1. The van der Waals surface area contributed by atoms with Crippen LogP contribution in [0.2, 0.25) is 0 Å². The molecule has 2 aromatic rings. The van der Waals surface area contributed by atoms with Crippen molar-refractivity contribution in [2.45, 2.75) is 6.54 Å². The van der Waals surface area contributed by atoms with Crippen molar-refractivity contribution >= 4 is 5.69 Å². The summed E-state index contributed by atoms with van der Waals surface area (Å²) in [6, 6.07) is 7.57. The first-order chi connectivity index (χ1) is 9.52. The molecule has 2 aromatic carbocycles. The fraction of sp³-hybridized carbons (Fsp3) is 0.143. The average molecular weight is 277 g/mol. The van der Waals surface area contributed by atoms with Crippen LogP contribution in [0.1, 0.15) is 5.56 Å². The van der Waals surface area contributed by atoms with Gasteiger partial charge in [0, 0.05) is 23.9 Å². The maximum Gasteiger partial charge on any atom is 0.200 e. The van der Waals surface area contributed by atoms with Crippen LogP contribution in [0.25, 0.3) is 0 Å². The summed E-state index contributed by atoms with van der Waals surface area (Å²) < 4.78 is 4.93. The van der Waals surface area contributed by atoms with E-state index < -0.39 is 5.75 Å². The largest absolute Gasteiger partial charge is 0.504 e. The third-order valence-corrected chi connectivity index (χ3v) is 2.88. The molecule has 0 aliphatic carbocycles. The second-order valence-electron chi connectivity index (χ2n) is 4.18. The van der Waals surface area contributed by atoms with Crippen molar-refractivity contribution in [2.24, 2.45) is 0 Å². The zero-order valence-electron chi connectivity index (χ0n) is 10.8. The number of methoxy groups -OCH3 is 1. The van der Waals surface area contributed by atoms with Crippen molar-refractivity contribution in [1.82, 2.24) is 0 Å². The van der Waals surface area contributed by atoms with Gasteiger partial charge in [0.15, 0.2) is 23.0 Å². The topological polar surface area (TPSA) is 102 Å². The van der Waals surface area contributed by atoms with E-state index in [1.807, 2.05) is 0 Å². The number of phenols is 4. The summed E-state index contributed by atoms with van der Waals surface area (Å²) in [5, 5.41) is 40.9. The molecule has 20 heavy (non-hydrogen) atoms. The van der Waals surface area contributed by atoms with Gasteiger partial charge in [-0.3, -0.25) is 0 Å². The second-order valence-corrected chi connectivity index (χ2v) is 4.18. The van der Waals surface area contributed by atoms with Gasteiger partial charge in [-0.05, 0) is 24.3 Å². The number of phenolic OH excluding ortho intramolecular Hbond substituents is 4. The zero-order valence-corrected chi connectivity index (χ0v) is 10.8. The number of benzene rings is 2. The summed E-state index contributed by atoms with van der Waals surface area (Å²) in [7, 11) is 1.46. The van der Waals surface area contributed by atoms with E-state index >= 15 is 0 Å². The van der Waals surface area contributed by atoms with Gasteiger partial charge in [-0.2, -0.15) is 0 Å². The molecule has 0 aliphatic rings. The fourth-order valence-electron chi connectivity index (χ4n) is 1.75. The lowest BCUT2D eigenvalue weighted by molar-refractivity contribution is 0.365. The molecule has 6 nitrogen and oxygen atoms in total. The second kappa shape index (κ2) is 5.48. The lowest BCUT2D eigenvalue weighted by atomic mass is 10.1. The average Bonchev–Trinajstić information content (AvgIpc) is 2.44. The molecule has 6 heteroatoms. The molecule has 0 bridgehead atoms. The highest BCUT2D eigenvalue weighted by Crippen LogP contribution is 2.37. The summed E-state index contributed by atoms with van der Waals surface area (Å²) in [5.74, 6) is -0.957. The number of hydrogen-bond acceptors (Lipinski definition) is 6. The van der Waals surface area contributed by atoms with Gasteiger partial charge in [0.05, 0.1) is 7.11 Å². The summed E-state index contributed by atoms with van der Waals surface area (Å²) in [6.07, 6.45) is 0. The van der Waals surface area contributed by atoms with Gasteiger partial charge >= 0.3 is 0 Å². The first kappa shape index (κ1) is 13.7. The van der Waals surface area contributed by atoms with Crippen LogP contribution in [0.4, 0.5) is 5.69 Å². The third kappa shape index (κ3) is 2.64. The van der Waals surface area contributed by atoms with Gasteiger partial charge in [0.25, 0.3) is 0 Å². The van der Waals surface area contributed by atoms with Crippen molar-refractivity contribution in [1.29, 1.82) is 0 Å². The van der Waals surface area contributed by atoms with E-state index in [4.69, 9.17) is 4.74 Å². The number of anilines is 1. The third-order valence-electron chi connectivity index (χ3n) is 2.88. The minimum absolute atomic E-state index is 0.00437. The van der Waals surface area contributed by atoms with Crippen LogP contribution in [0.5, 0.6) is 28.7 Å². The molecular formula is C14H15NO5. The Morgan fingerprint density at radius 2 is 1.70 bits per heavy atom. The van der Waals surface area contributed by atoms with Gasteiger partial charge in [-0.25, -0.2) is 0 Å². The predicted molar refractivity (Wildman–Crippen MR) is 73.4 cm³/mol. The van der Waals surface area contributed by atoms with Crippen LogP contribution in [0.15, 0.2) is 30.3 Å². The summed E-state index contributed by atoms with van der Waals surface area (Å²) >= 11 is 0. The Bertz CT molecular complexity index is 627. The van der Waals surface area contributed by atoms with Crippen LogP contribution in [0, 0.1) is 0 Å². The summed E-state index contributed by atoms with van der Waals surface area (Å²) in [6.45, 7) is 0.214. The van der Waals surface area contributed by atoms with Crippen LogP contribution in [-0.4, -0.2) is 27.5 Å². The maximum absolute atomic E-state index is 9.67. The minimum atomic E-state index is -0.554. The van der Waals surface area contributed by atoms with Crippen molar-refractivity contribution in [3.8, 4) is 28.7 Å². The van der Waals surface area contributed by atoms with Gasteiger partial charge < -0.3 is 30.5 Å². The quantitative estimate of drug-likeness (QED) is 0.549.